The Morgan fingerprint density at radius 1 is 0.794 bits per heavy atom. The molecular formula is C27H25F3O4. The maximum Gasteiger partial charge on any atom is 0.314 e. The molecule has 0 atom stereocenters. The molecule has 0 amide bonds. The van der Waals surface area contributed by atoms with Gasteiger partial charge in [0.2, 0.25) is 0 Å². The van der Waals surface area contributed by atoms with Crippen molar-refractivity contribution < 1.29 is 32.2 Å². The summed E-state index contributed by atoms with van der Waals surface area (Å²) in [6.45, 7) is 0. The average molecular weight is 470 g/mol. The van der Waals surface area contributed by atoms with E-state index in [9.17, 15) is 18.0 Å². The largest absolute Gasteiger partial charge is 0.497 e. The maximum absolute atomic E-state index is 15.0. The molecule has 0 heterocycles. The van der Waals surface area contributed by atoms with E-state index >= 15 is 0 Å². The van der Waals surface area contributed by atoms with E-state index in [2.05, 4.69) is 0 Å². The summed E-state index contributed by atoms with van der Waals surface area (Å²) in [5.41, 5.74) is 1.07. The number of carbonyl (C=O) groups excluding carboxylic acids is 1. The van der Waals surface area contributed by atoms with Crippen LogP contribution in [0.25, 0.3) is 11.1 Å². The number of carbonyl (C=O) groups is 1. The van der Waals surface area contributed by atoms with Crippen molar-refractivity contribution in [1.82, 2.24) is 0 Å². The van der Waals surface area contributed by atoms with E-state index in [1.165, 1.54) is 26.4 Å². The van der Waals surface area contributed by atoms with E-state index in [0.29, 0.717) is 42.6 Å². The Kier molecular flexibility index (Phi) is 7.10. The minimum Gasteiger partial charge on any atom is -0.497 e. The Balaban J connectivity index is 1.41. The second kappa shape index (κ2) is 10.2. The molecule has 0 spiro atoms. The molecule has 0 unspecified atom stereocenters. The zero-order chi connectivity index (χ0) is 24.2. The van der Waals surface area contributed by atoms with Gasteiger partial charge in [-0.1, -0.05) is 24.3 Å². The van der Waals surface area contributed by atoms with Crippen molar-refractivity contribution >= 4 is 5.97 Å². The minimum atomic E-state index is -0.884. The van der Waals surface area contributed by atoms with Crippen molar-refractivity contribution in [2.75, 3.05) is 14.2 Å². The second-order valence-corrected chi connectivity index (χ2v) is 8.32. The quantitative estimate of drug-likeness (QED) is 0.298. The maximum atomic E-state index is 15.0. The van der Waals surface area contributed by atoms with Gasteiger partial charge in [-0.3, -0.25) is 4.79 Å². The monoisotopic (exact) mass is 470 g/mol. The molecular weight excluding hydrogens is 445 g/mol. The summed E-state index contributed by atoms with van der Waals surface area (Å²) in [5, 5.41) is 0. The minimum absolute atomic E-state index is 0.0626. The third kappa shape index (κ3) is 4.88. The van der Waals surface area contributed by atoms with Gasteiger partial charge in [0.05, 0.1) is 20.1 Å². The summed E-state index contributed by atoms with van der Waals surface area (Å²) in [5.74, 6) is -2.58. The standard InChI is InChI=1S/C27H25F3O4/c1-32-19-9-7-17(8-10-19)22-13-12-21(25(29)26(22)30)16-3-5-18(6-4-16)27(31)34-20-11-14-24(33-2)23(28)15-20/h7-16,18H,3-6H2,1-2H3. The summed E-state index contributed by atoms with van der Waals surface area (Å²) in [6, 6.07) is 13.9. The lowest BCUT2D eigenvalue weighted by Crippen LogP contribution is -2.25. The van der Waals surface area contributed by atoms with Gasteiger partial charge < -0.3 is 14.2 Å². The van der Waals surface area contributed by atoms with Crippen LogP contribution in [0, 0.1) is 23.4 Å². The third-order valence-corrected chi connectivity index (χ3v) is 6.36. The van der Waals surface area contributed by atoms with E-state index in [4.69, 9.17) is 14.2 Å². The fourth-order valence-corrected chi connectivity index (χ4v) is 4.42. The molecule has 1 aliphatic carbocycles. The number of esters is 1. The summed E-state index contributed by atoms with van der Waals surface area (Å²) in [4.78, 5) is 12.5. The highest BCUT2D eigenvalue weighted by molar-refractivity contribution is 5.75. The number of halogens is 3. The summed E-state index contributed by atoms with van der Waals surface area (Å²) in [6.07, 6.45) is 2.00. The SMILES string of the molecule is COc1ccc(-c2ccc(C3CCC(C(=O)Oc4ccc(OC)c(F)c4)CC3)c(F)c2F)cc1. The number of ether oxygens (including phenoxy) is 3. The molecule has 4 rings (SSSR count). The molecule has 178 valence electrons. The van der Waals surface area contributed by atoms with E-state index in [-0.39, 0.29) is 28.9 Å². The first-order valence-electron chi connectivity index (χ1n) is 11.1. The summed E-state index contributed by atoms with van der Waals surface area (Å²) in [7, 11) is 2.89. The fraction of sp³-hybridized carbons (Fsp3) is 0.296. The Morgan fingerprint density at radius 2 is 1.47 bits per heavy atom. The number of hydrogen-bond acceptors (Lipinski definition) is 4. The molecule has 0 N–H and O–H groups in total. The van der Waals surface area contributed by atoms with Crippen LogP contribution in [0.1, 0.15) is 37.2 Å². The van der Waals surface area contributed by atoms with E-state index < -0.39 is 23.4 Å². The van der Waals surface area contributed by atoms with Crippen LogP contribution >= 0.6 is 0 Å². The normalized spacial score (nSPS) is 17.8. The number of hydrogen-bond donors (Lipinski definition) is 0. The van der Waals surface area contributed by atoms with Crippen molar-refractivity contribution in [2.24, 2.45) is 5.92 Å². The van der Waals surface area contributed by atoms with Crippen LogP contribution in [0.4, 0.5) is 13.2 Å². The third-order valence-electron chi connectivity index (χ3n) is 6.36. The molecule has 7 heteroatoms. The first-order valence-corrected chi connectivity index (χ1v) is 11.1. The molecule has 3 aromatic carbocycles. The Bertz CT molecular complexity index is 1170. The molecule has 0 saturated heterocycles. The van der Waals surface area contributed by atoms with Crippen molar-refractivity contribution in [3.63, 3.8) is 0 Å². The lowest BCUT2D eigenvalue weighted by molar-refractivity contribution is -0.140. The zero-order valence-corrected chi connectivity index (χ0v) is 18.9. The van der Waals surface area contributed by atoms with Gasteiger partial charge in [-0.05, 0) is 67.0 Å². The van der Waals surface area contributed by atoms with E-state index in [1.54, 1.807) is 36.4 Å². The van der Waals surface area contributed by atoms with Gasteiger partial charge in [0.15, 0.2) is 23.2 Å². The van der Waals surface area contributed by atoms with Gasteiger partial charge in [0.1, 0.15) is 11.5 Å². The van der Waals surface area contributed by atoms with Crippen molar-refractivity contribution in [3.05, 3.63) is 77.6 Å². The smallest absolute Gasteiger partial charge is 0.314 e. The molecule has 0 bridgehead atoms. The Labute approximate surface area is 196 Å². The van der Waals surface area contributed by atoms with E-state index in [0.717, 1.165) is 6.07 Å². The molecule has 1 saturated carbocycles. The summed E-state index contributed by atoms with van der Waals surface area (Å²) >= 11 is 0. The predicted molar refractivity (Wildman–Crippen MR) is 122 cm³/mol. The van der Waals surface area contributed by atoms with Gasteiger partial charge in [0.25, 0.3) is 0 Å². The van der Waals surface area contributed by atoms with Crippen LogP contribution in [-0.4, -0.2) is 20.2 Å². The van der Waals surface area contributed by atoms with Crippen LogP contribution in [-0.2, 0) is 4.79 Å². The Morgan fingerprint density at radius 3 is 2.09 bits per heavy atom. The number of methoxy groups -OCH3 is 2. The molecule has 34 heavy (non-hydrogen) atoms. The topological polar surface area (TPSA) is 44.8 Å². The van der Waals surface area contributed by atoms with Gasteiger partial charge >= 0.3 is 5.97 Å². The fourth-order valence-electron chi connectivity index (χ4n) is 4.42. The second-order valence-electron chi connectivity index (χ2n) is 8.32. The van der Waals surface area contributed by atoms with Crippen LogP contribution < -0.4 is 14.2 Å². The van der Waals surface area contributed by atoms with Crippen LogP contribution in [0.5, 0.6) is 17.2 Å². The first-order chi connectivity index (χ1) is 16.4. The highest BCUT2D eigenvalue weighted by atomic mass is 19.2. The molecule has 0 aromatic heterocycles. The van der Waals surface area contributed by atoms with Crippen LogP contribution in [0.15, 0.2) is 54.6 Å². The molecule has 0 radical (unpaired) electrons. The van der Waals surface area contributed by atoms with Crippen molar-refractivity contribution in [1.29, 1.82) is 0 Å². The lowest BCUT2D eigenvalue weighted by atomic mass is 9.78. The Hall–Kier alpha value is -3.48. The molecule has 3 aromatic rings. The average Bonchev–Trinajstić information content (AvgIpc) is 2.86. The first kappa shape index (κ1) is 23.7. The number of benzene rings is 3. The van der Waals surface area contributed by atoms with Gasteiger partial charge in [-0.2, -0.15) is 0 Å². The highest BCUT2D eigenvalue weighted by Crippen LogP contribution is 2.39. The molecule has 0 aliphatic heterocycles. The van der Waals surface area contributed by atoms with Gasteiger partial charge in [0, 0.05) is 11.6 Å². The van der Waals surface area contributed by atoms with Gasteiger partial charge in [-0.15, -0.1) is 0 Å². The van der Waals surface area contributed by atoms with Crippen LogP contribution in [0.2, 0.25) is 0 Å². The molecule has 1 fully saturated rings. The summed E-state index contributed by atoms with van der Waals surface area (Å²) < 4.78 is 59.0. The van der Waals surface area contributed by atoms with Crippen molar-refractivity contribution in [3.8, 4) is 28.4 Å². The lowest BCUT2D eigenvalue weighted by Gasteiger charge is -2.28. The van der Waals surface area contributed by atoms with Crippen LogP contribution in [0.3, 0.4) is 0 Å². The zero-order valence-electron chi connectivity index (χ0n) is 18.9. The van der Waals surface area contributed by atoms with E-state index in [1.807, 2.05) is 0 Å². The highest BCUT2D eigenvalue weighted by Gasteiger charge is 2.31. The van der Waals surface area contributed by atoms with Gasteiger partial charge in [-0.25, -0.2) is 13.2 Å². The molecule has 1 aliphatic rings. The predicted octanol–water partition coefficient (Wildman–Crippen LogP) is 6.67. The van der Waals surface area contributed by atoms with Crippen molar-refractivity contribution in [2.45, 2.75) is 31.6 Å². The molecule has 4 nitrogen and oxygen atoms in total. The number of rotatable bonds is 6.